The Morgan fingerprint density at radius 1 is 1.27 bits per heavy atom. The lowest BCUT2D eigenvalue weighted by Crippen LogP contribution is -2.12. The van der Waals surface area contributed by atoms with Gasteiger partial charge in [-0.2, -0.15) is 0 Å². The van der Waals surface area contributed by atoms with Crippen molar-refractivity contribution in [2.45, 2.75) is 6.92 Å². The quantitative estimate of drug-likeness (QED) is 0.788. The molecule has 1 N–H and O–H groups in total. The molecule has 8 nitrogen and oxygen atoms in total. The predicted molar refractivity (Wildman–Crippen MR) is 75.5 cm³/mol. The van der Waals surface area contributed by atoms with Crippen LogP contribution in [-0.4, -0.2) is 28.4 Å². The van der Waals surface area contributed by atoms with Gasteiger partial charge in [-0.25, -0.2) is 0 Å². The van der Waals surface area contributed by atoms with Crippen LogP contribution in [0.2, 0.25) is 0 Å². The standard InChI is InChI=1S/C14H12N4O4/c1-8-6-11(18-22-8)15-12(19)14-17-16-13(21-14)9-4-3-5-10(7-9)20-2/h3-7H,1-2H3,(H,15,18,19). The summed E-state index contributed by atoms with van der Waals surface area (Å²) in [6.45, 7) is 1.72. The summed E-state index contributed by atoms with van der Waals surface area (Å²) in [6.07, 6.45) is 0. The van der Waals surface area contributed by atoms with Crippen molar-refractivity contribution >= 4 is 11.7 Å². The molecule has 22 heavy (non-hydrogen) atoms. The minimum absolute atomic E-state index is 0.168. The van der Waals surface area contributed by atoms with Gasteiger partial charge in [0, 0.05) is 11.6 Å². The number of nitrogens with zero attached hydrogens (tertiary/aromatic N) is 3. The molecule has 0 aliphatic heterocycles. The Kier molecular flexibility index (Phi) is 3.57. The molecule has 0 saturated carbocycles. The molecule has 1 aromatic carbocycles. The number of benzene rings is 1. The first-order valence-electron chi connectivity index (χ1n) is 6.38. The van der Waals surface area contributed by atoms with Crippen molar-refractivity contribution in [3.63, 3.8) is 0 Å². The van der Waals surface area contributed by atoms with E-state index in [0.29, 0.717) is 17.1 Å². The van der Waals surface area contributed by atoms with Crippen molar-refractivity contribution in [3.05, 3.63) is 42.0 Å². The molecule has 112 valence electrons. The highest BCUT2D eigenvalue weighted by atomic mass is 16.5. The molecule has 2 heterocycles. The molecule has 1 amide bonds. The van der Waals surface area contributed by atoms with Crippen LogP contribution in [0.1, 0.15) is 16.4 Å². The molecule has 0 fully saturated rings. The largest absolute Gasteiger partial charge is 0.497 e. The molecule has 3 aromatic rings. The van der Waals surface area contributed by atoms with Gasteiger partial charge < -0.3 is 13.7 Å². The van der Waals surface area contributed by atoms with Crippen molar-refractivity contribution in [2.24, 2.45) is 0 Å². The monoisotopic (exact) mass is 300 g/mol. The van der Waals surface area contributed by atoms with Gasteiger partial charge in [-0.15, -0.1) is 10.2 Å². The zero-order valence-corrected chi connectivity index (χ0v) is 11.9. The number of carbonyl (C=O) groups is 1. The fourth-order valence-electron chi connectivity index (χ4n) is 1.78. The van der Waals surface area contributed by atoms with Crippen LogP contribution in [0.4, 0.5) is 5.82 Å². The Balaban J connectivity index is 1.79. The van der Waals surface area contributed by atoms with E-state index >= 15 is 0 Å². The van der Waals surface area contributed by atoms with Crippen LogP contribution < -0.4 is 10.1 Å². The minimum atomic E-state index is -0.560. The van der Waals surface area contributed by atoms with Gasteiger partial charge in [0.15, 0.2) is 5.82 Å². The maximum atomic E-state index is 12.0. The van der Waals surface area contributed by atoms with Gasteiger partial charge in [0.05, 0.1) is 7.11 Å². The lowest BCUT2D eigenvalue weighted by molar-refractivity contribution is 0.0990. The average molecular weight is 300 g/mol. The molecular formula is C14H12N4O4. The maximum absolute atomic E-state index is 12.0. The number of aryl methyl sites for hydroxylation is 1. The topological polar surface area (TPSA) is 103 Å². The first kappa shape index (κ1) is 13.8. The summed E-state index contributed by atoms with van der Waals surface area (Å²) in [6, 6.07) is 8.67. The highest BCUT2D eigenvalue weighted by molar-refractivity contribution is 6.00. The molecule has 0 saturated heterocycles. The number of anilines is 1. The van der Waals surface area contributed by atoms with E-state index in [-0.39, 0.29) is 17.6 Å². The van der Waals surface area contributed by atoms with Crippen molar-refractivity contribution in [2.75, 3.05) is 12.4 Å². The van der Waals surface area contributed by atoms with E-state index in [1.54, 1.807) is 44.4 Å². The third-order valence-electron chi connectivity index (χ3n) is 2.81. The highest BCUT2D eigenvalue weighted by Gasteiger charge is 2.17. The molecule has 0 unspecified atom stereocenters. The zero-order valence-electron chi connectivity index (χ0n) is 11.9. The number of nitrogens with one attached hydrogen (secondary N) is 1. The predicted octanol–water partition coefficient (Wildman–Crippen LogP) is 2.29. The van der Waals surface area contributed by atoms with Crippen molar-refractivity contribution in [1.82, 2.24) is 15.4 Å². The van der Waals surface area contributed by atoms with Gasteiger partial charge in [-0.3, -0.25) is 10.1 Å². The number of hydrogen-bond acceptors (Lipinski definition) is 7. The smallest absolute Gasteiger partial charge is 0.314 e. The van der Waals surface area contributed by atoms with Crippen LogP contribution in [0.5, 0.6) is 5.75 Å². The van der Waals surface area contributed by atoms with E-state index in [1.807, 2.05) is 0 Å². The number of rotatable bonds is 4. The molecule has 2 aromatic heterocycles. The van der Waals surface area contributed by atoms with Gasteiger partial charge >= 0.3 is 11.8 Å². The van der Waals surface area contributed by atoms with Crippen LogP contribution >= 0.6 is 0 Å². The second kappa shape index (κ2) is 5.68. The third-order valence-corrected chi connectivity index (χ3v) is 2.81. The second-order valence-electron chi connectivity index (χ2n) is 4.42. The second-order valence-corrected chi connectivity index (χ2v) is 4.42. The number of carbonyl (C=O) groups excluding carboxylic acids is 1. The van der Waals surface area contributed by atoms with Crippen LogP contribution in [0, 0.1) is 6.92 Å². The number of amides is 1. The van der Waals surface area contributed by atoms with Crippen molar-refractivity contribution in [1.29, 1.82) is 0 Å². The van der Waals surface area contributed by atoms with Gasteiger partial charge in [0.1, 0.15) is 11.5 Å². The van der Waals surface area contributed by atoms with Gasteiger partial charge in [0.2, 0.25) is 5.89 Å². The lowest BCUT2D eigenvalue weighted by Gasteiger charge is -2.00. The van der Waals surface area contributed by atoms with Crippen molar-refractivity contribution in [3.8, 4) is 17.2 Å². The molecule has 0 radical (unpaired) electrons. The van der Waals surface area contributed by atoms with Crippen LogP contribution in [0.25, 0.3) is 11.5 Å². The Bertz CT molecular complexity index is 809. The van der Waals surface area contributed by atoms with E-state index < -0.39 is 5.91 Å². The Hall–Kier alpha value is -3.16. The highest BCUT2D eigenvalue weighted by Crippen LogP contribution is 2.22. The molecule has 0 atom stereocenters. The van der Waals surface area contributed by atoms with Gasteiger partial charge in [0.25, 0.3) is 0 Å². The Morgan fingerprint density at radius 3 is 2.86 bits per heavy atom. The third kappa shape index (κ3) is 2.80. The average Bonchev–Trinajstić information content (AvgIpc) is 3.16. The van der Waals surface area contributed by atoms with Gasteiger partial charge in [-0.05, 0) is 25.1 Å². The summed E-state index contributed by atoms with van der Waals surface area (Å²) in [5.41, 5.74) is 0.656. The maximum Gasteiger partial charge on any atom is 0.314 e. The SMILES string of the molecule is COc1cccc(-c2nnc(C(=O)Nc3cc(C)on3)o2)c1. The summed E-state index contributed by atoms with van der Waals surface area (Å²) in [7, 11) is 1.56. The first-order valence-corrected chi connectivity index (χ1v) is 6.38. The Labute approximate surface area is 125 Å². The number of ether oxygens (including phenoxy) is 1. The summed E-state index contributed by atoms with van der Waals surface area (Å²) < 4.78 is 15.3. The molecule has 8 heteroatoms. The normalized spacial score (nSPS) is 10.5. The number of methoxy groups -OCH3 is 1. The summed E-state index contributed by atoms with van der Waals surface area (Å²) in [5, 5.41) is 13.7. The fraction of sp³-hybridized carbons (Fsp3) is 0.143. The number of hydrogen-bond donors (Lipinski definition) is 1. The summed E-state index contributed by atoms with van der Waals surface area (Å²) >= 11 is 0. The van der Waals surface area contributed by atoms with E-state index in [1.165, 1.54) is 0 Å². The first-order chi connectivity index (χ1) is 10.7. The van der Waals surface area contributed by atoms with Crippen molar-refractivity contribution < 1.29 is 18.5 Å². The zero-order chi connectivity index (χ0) is 15.5. The van der Waals surface area contributed by atoms with E-state index in [2.05, 4.69) is 20.7 Å². The summed E-state index contributed by atoms with van der Waals surface area (Å²) in [4.78, 5) is 12.0. The van der Waals surface area contributed by atoms with Crippen LogP contribution in [0.15, 0.2) is 39.3 Å². The molecule has 0 aliphatic carbocycles. The van der Waals surface area contributed by atoms with E-state index in [9.17, 15) is 4.79 Å². The van der Waals surface area contributed by atoms with Crippen LogP contribution in [0.3, 0.4) is 0 Å². The van der Waals surface area contributed by atoms with E-state index in [0.717, 1.165) is 0 Å². The molecule has 3 rings (SSSR count). The van der Waals surface area contributed by atoms with E-state index in [4.69, 9.17) is 13.7 Å². The number of aromatic nitrogens is 3. The minimum Gasteiger partial charge on any atom is -0.497 e. The van der Waals surface area contributed by atoms with Gasteiger partial charge in [-0.1, -0.05) is 11.2 Å². The van der Waals surface area contributed by atoms with Crippen LogP contribution in [-0.2, 0) is 0 Å². The lowest BCUT2D eigenvalue weighted by atomic mass is 10.2. The molecule has 0 spiro atoms. The fourth-order valence-corrected chi connectivity index (χ4v) is 1.78. The molecule has 0 bridgehead atoms. The summed E-state index contributed by atoms with van der Waals surface area (Å²) in [5.74, 6) is 1.01. The Morgan fingerprint density at radius 2 is 2.14 bits per heavy atom. The molecule has 0 aliphatic rings. The molecular weight excluding hydrogens is 288 g/mol.